The van der Waals surface area contributed by atoms with Crippen molar-refractivity contribution in [3.63, 3.8) is 0 Å². The van der Waals surface area contributed by atoms with Gasteiger partial charge in [0.25, 0.3) is 0 Å². The van der Waals surface area contributed by atoms with Crippen LogP contribution in [0.1, 0.15) is 19.3 Å². The Balaban J connectivity index is 1.71. The number of carboxylic acids is 1. The highest BCUT2D eigenvalue weighted by Gasteiger charge is 2.30. The first-order valence-corrected chi connectivity index (χ1v) is 6.13. The van der Waals surface area contributed by atoms with Crippen LogP contribution in [0.15, 0.2) is 18.7 Å². The molecule has 6 heteroatoms. The van der Waals surface area contributed by atoms with Gasteiger partial charge in [-0.05, 0) is 12.8 Å². The van der Waals surface area contributed by atoms with Crippen molar-refractivity contribution in [2.24, 2.45) is 5.92 Å². The first-order chi connectivity index (χ1) is 8.66. The van der Waals surface area contributed by atoms with E-state index in [1.54, 1.807) is 17.4 Å². The smallest absolute Gasteiger partial charge is 0.308 e. The highest BCUT2D eigenvalue weighted by molar-refractivity contribution is 5.78. The lowest BCUT2D eigenvalue weighted by atomic mass is 10.1. The summed E-state index contributed by atoms with van der Waals surface area (Å²) in [5, 5.41) is 8.87. The van der Waals surface area contributed by atoms with E-state index in [0.717, 1.165) is 13.0 Å². The second-order valence-corrected chi connectivity index (χ2v) is 4.57. The van der Waals surface area contributed by atoms with Crippen LogP contribution in [0, 0.1) is 5.92 Å². The van der Waals surface area contributed by atoms with E-state index in [1.165, 1.54) is 0 Å². The van der Waals surface area contributed by atoms with Crippen molar-refractivity contribution in [2.75, 3.05) is 13.1 Å². The molecule has 2 rings (SSSR count). The lowest BCUT2D eigenvalue weighted by Gasteiger charge is -2.15. The number of imidazole rings is 1. The maximum Gasteiger partial charge on any atom is 0.308 e. The summed E-state index contributed by atoms with van der Waals surface area (Å²) < 4.78 is 1.93. The summed E-state index contributed by atoms with van der Waals surface area (Å²) in [4.78, 5) is 28.2. The molecule has 1 fully saturated rings. The van der Waals surface area contributed by atoms with Gasteiger partial charge >= 0.3 is 5.97 Å². The van der Waals surface area contributed by atoms with Gasteiger partial charge in [0.05, 0.1) is 12.2 Å². The molecule has 0 unspecified atom stereocenters. The molecule has 2 heterocycles. The number of hydrogen-bond acceptors (Lipinski definition) is 3. The first kappa shape index (κ1) is 12.6. The van der Waals surface area contributed by atoms with Gasteiger partial charge in [-0.2, -0.15) is 0 Å². The van der Waals surface area contributed by atoms with Gasteiger partial charge in [-0.1, -0.05) is 0 Å². The monoisotopic (exact) mass is 251 g/mol. The van der Waals surface area contributed by atoms with Gasteiger partial charge in [0.15, 0.2) is 0 Å². The lowest BCUT2D eigenvalue weighted by Crippen LogP contribution is -2.29. The molecule has 1 aromatic heterocycles. The van der Waals surface area contributed by atoms with Gasteiger partial charge in [0, 0.05) is 38.4 Å². The number of nitrogens with zero attached hydrogens (tertiary/aromatic N) is 3. The standard InChI is InChI=1S/C12H17N3O3/c16-11(2-1-5-14-7-4-13-9-14)15-6-3-10(8-15)12(17)18/h4,7,9-10H,1-3,5-6,8H2,(H,17,18)/t10-/m0/s1. The van der Waals surface area contributed by atoms with E-state index in [9.17, 15) is 9.59 Å². The normalized spacial score (nSPS) is 19.1. The van der Waals surface area contributed by atoms with Crippen molar-refractivity contribution in [3.05, 3.63) is 18.7 Å². The molecule has 0 aromatic carbocycles. The van der Waals surface area contributed by atoms with E-state index in [0.29, 0.717) is 25.9 Å². The number of hydrogen-bond donors (Lipinski definition) is 1. The van der Waals surface area contributed by atoms with Gasteiger partial charge in [0.2, 0.25) is 5.91 Å². The van der Waals surface area contributed by atoms with Crippen molar-refractivity contribution in [1.82, 2.24) is 14.5 Å². The molecule has 1 saturated heterocycles. The molecule has 1 aliphatic rings. The molecular formula is C12H17N3O3. The Hall–Kier alpha value is -1.85. The third-order valence-electron chi connectivity index (χ3n) is 3.26. The maximum absolute atomic E-state index is 11.9. The minimum Gasteiger partial charge on any atom is -0.481 e. The fraction of sp³-hybridized carbons (Fsp3) is 0.583. The summed E-state index contributed by atoms with van der Waals surface area (Å²) >= 11 is 0. The van der Waals surface area contributed by atoms with Crippen LogP contribution in [0.25, 0.3) is 0 Å². The van der Waals surface area contributed by atoms with Crippen molar-refractivity contribution in [3.8, 4) is 0 Å². The number of carbonyl (C=O) groups excluding carboxylic acids is 1. The second kappa shape index (κ2) is 5.66. The summed E-state index contributed by atoms with van der Waals surface area (Å²) in [6.07, 6.45) is 7.08. The highest BCUT2D eigenvalue weighted by Crippen LogP contribution is 2.17. The Kier molecular flexibility index (Phi) is 3.96. The number of amides is 1. The molecule has 1 amide bonds. The minimum atomic E-state index is -0.802. The molecular weight excluding hydrogens is 234 g/mol. The average molecular weight is 251 g/mol. The van der Waals surface area contributed by atoms with Crippen molar-refractivity contribution in [1.29, 1.82) is 0 Å². The molecule has 0 bridgehead atoms. The fourth-order valence-corrected chi connectivity index (χ4v) is 2.18. The lowest BCUT2D eigenvalue weighted by molar-refractivity contribution is -0.141. The van der Waals surface area contributed by atoms with Crippen LogP contribution in [0.2, 0.25) is 0 Å². The molecule has 6 nitrogen and oxygen atoms in total. The third-order valence-corrected chi connectivity index (χ3v) is 3.26. The van der Waals surface area contributed by atoms with Gasteiger partial charge in [-0.25, -0.2) is 4.98 Å². The summed E-state index contributed by atoms with van der Waals surface area (Å²) in [5.41, 5.74) is 0. The van der Waals surface area contributed by atoms with Crippen LogP contribution in [0.3, 0.4) is 0 Å². The highest BCUT2D eigenvalue weighted by atomic mass is 16.4. The van der Waals surface area contributed by atoms with Crippen LogP contribution in [-0.4, -0.2) is 44.5 Å². The SMILES string of the molecule is O=C(O)[C@H]1CCN(C(=O)CCCn2ccnc2)C1. The van der Waals surface area contributed by atoms with E-state index in [2.05, 4.69) is 4.98 Å². The molecule has 1 atom stereocenters. The Morgan fingerprint density at radius 3 is 2.89 bits per heavy atom. The van der Waals surface area contributed by atoms with Gasteiger partial charge < -0.3 is 14.6 Å². The largest absolute Gasteiger partial charge is 0.481 e. The molecule has 0 spiro atoms. The van der Waals surface area contributed by atoms with Crippen molar-refractivity contribution < 1.29 is 14.7 Å². The number of aromatic nitrogens is 2. The van der Waals surface area contributed by atoms with E-state index in [4.69, 9.17) is 5.11 Å². The van der Waals surface area contributed by atoms with Crippen LogP contribution in [-0.2, 0) is 16.1 Å². The van der Waals surface area contributed by atoms with E-state index in [-0.39, 0.29) is 11.8 Å². The summed E-state index contributed by atoms with van der Waals surface area (Å²) in [6, 6.07) is 0. The number of carboxylic acid groups (broad SMARTS) is 1. The summed E-state index contributed by atoms with van der Waals surface area (Å²) in [6.45, 7) is 1.70. The number of aryl methyl sites for hydroxylation is 1. The maximum atomic E-state index is 11.9. The van der Waals surface area contributed by atoms with Gasteiger partial charge in [-0.15, -0.1) is 0 Å². The molecule has 98 valence electrons. The third kappa shape index (κ3) is 3.09. The molecule has 0 saturated carbocycles. The Labute approximate surface area is 105 Å². The molecule has 18 heavy (non-hydrogen) atoms. The number of likely N-dealkylation sites (tertiary alicyclic amines) is 1. The zero-order valence-electron chi connectivity index (χ0n) is 10.2. The predicted molar refractivity (Wildman–Crippen MR) is 63.8 cm³/mol. The fourth-order valence-electron chi connectivity index (χ4n) is 2.18. The Bertz CT molecular complexity index is 416. The molecule has 1 aliphatic heterocycles. The van der Waals surface area contributed by atoms with Crippen LogP contribution in [0.5, 0.6) is 0 Å². The first-order valence-electron chi connectivity index (χ1n) is 6.13. The van der Waals surface area contributed by atoms with E-state index in [1.807, 2.05) is 10.8 Å². The van der Waals surface area contributed by atoms with Crippen LogP contribution in [0.4, 0.5) is 0 Å². The molecule has 0 radical (unpaired) electrons. The van der Waals surface area contributed by atoms with Gasteiger partial charge in [0.1, 0.15) is 0 Å². The zero-order valence-corrected chi connectivity index (χ0v) is 10.2. The quantitative estimate of drug-likeness (QED) is 0.831. The van der Waals surface area contributed by atoms with Gasteiger partial charge in [-0.3, -0.25) is 9.59 Å². The number of aliphatic carboxylic acids is 1. The van der Waals surface area contributed by atoms with E-state index < -0.39 is 5.97 Å². The number of carbonyl (C=O) groups is 2. The minimum absolute atomic E-state index is 0.0545. The van der Waals surface area contributed by atoms with Crippen molar-refractivity contribution >= 4 is 11.9 Å². The van der Waals surface area contributed by atoms with E-state index >= 15 is 0 Å². The van der Waals surface area contributed by atoms with Crippen molar-refractivity contribution in [2.45, 2.75) is 25.8 Å². The molecule has 1 aromatic rings. The van der Waals surface area contributed by atoms with Crippen LogP contribution >= 0.6 is 0 Å². The Morgan fingerprint density at radius 1 is 1.44 bits per heavy atom. The van der Waals surface area contributed by atoms with Crippen LogP contribution < -0.4 is 0 Å². The summed E-state index contributed by atoms with van der Waals surface area (Å²) in [7, 11) is 0. The molecule has 1 N–H and O–H groups in total. The second-order valence-electron chi connectivity index (χ2n) is 4.57. The summed E-state index contributed by atoms with van der Waals surface area (Å²) in [5.74, 6) is -1.13. The number of rotatable bonds is 5. The molecule has 0 aliphatic carbocycles. The zero-order chi connectivity index (χ0) is 13.0. The predicted octanol–water partition coefficient (Wildman–Crippen LogP) is 0.596. The topological polar surface area (TPSA) is 75.4 Å². The Morgan fingerprint density at radius 2 is 2.28 bits per heavy atom. The average Bonchev–Trinajstić information content (AvgIpc) is 2.99.